The Kier molecular flexibility index (Phi) is 3.34. The molecule has 1 aliphatic carbocycles. The summed E-state index contributed by atoms with van der Waals surface area (Å²) in [5, 5.41) is 0.652. The van der Waals surface area contributed by atoms with Gasteiger partial charge in [0.1, 0.15) is 12.4 Å². The Balaban J connectivity index is 1.72. The van der Waals surface area contributed by atoms with Gasteiger partial charge in [0, 0.05) is 16.3 Å². The highest BCUT2D eigenvalue weighted by molar-refractivity contribution is 6.30. The average molecular weight is 274 g/mol. The predicted octanol–water partition coefficient (Wildman–Crippen LogP) is 3.99. The number of ether oxygens (including phenoxy) is 1. The van der Waals surface area contributed by atoms with E-state index in [9.17, 15) is 0 Å². The molecule has 2 N–H and O–H groups in total. The van der Waals surface area contributed by atoms with Crippen LogP contribution in [0.2, 0.25) is 5.02 Å². The minimum atomic E-state index is 0.474. The summed E-state index contributed by atoms with van der Waals surface area (Å²) in [6.45, 7) is 0.474. The van der Waals surface area contributed by atoms with Crippen LogP contribution in [0, 0.1) is 0 Å². The van der Waals surface area contributed by atoms with Gasteiger partial charge in [0.25, 0.3) is 0 Å². The van der Waals surface area contributed by atoms with Crippen LogP contribution in [0.5, 0.6) is 5.75 Å². The molecule has 2 nitrogen and oxygen atoms in total. The van der Waals surface area contributed by atoms with E-state index < -0.39 is 0 Å². The second-order valence-corrected chi connectivity index (χ2v) is 5.35. The second-order valence-electron chi connectivity index (χ2n) is 4.92. The molecule has 0 bridgehead atoms. The first kappa shape index (κ1) is 12.4. The molecule has 0 aliphatic heterocycles. The SMILES string of the molecule is Nc1cc(Cl)ccc1COc1ccc2c(c1)CCC2. The molecule has 0 spiro atoms. The fourth-order valence-corrected chi connectivity index (χ4v) is 2.68. The van der Waals surface area contributed by atoms with Gasteiger partial charge < -0.3 is 10.5 Å². The van der Waals surface area contributed by atoms with Crippen LogP contribution in [0.3, 0.4) is 0 Å². The third-order valence-corrected chi connectivity index (χ3v) is 3.81. The monoisotopic (exact) mass is 273 g/mol. The molecule has 2 aromatic rings. The Labute approximate surface area is 118 Å². The van der Waals surface area contributed by atoms with Gasteiger partial charge in [-0.15, -0.1) is 0 Å². The number of hydrogen-bond acceptors (Lipinski definition) is 2. The molecule has 0 unspecified atom stereocenters. The number of anilines is 1. The maximum absolute atomic E-state index is 5.91. The van der Waals surface area contributed by atoms with Crippen LogP contribution in [0.1, 0.15) is 23.1 Å². The van der Waals surface area contributed by atoms with Gasteiger partial charge in [-0.3, -0.25) is 0 Å². The van der Waals surface area contributed by atoms with Crippen LogP contribution in [0.25, 0.3) is 0 Å². The van der Waals surface area contributed by atoms with Crippen molar-refractivity contribution in [1.29, 1.82) is 0 Å². The van der Waals surface area contributed by atoms with Crippen LogP contribution < -0.4 is 10.5 Å². The van der Waals surface area contributed by atoms with Crippen molar-refractivity contribution in [2.24, 2.45) is 0 Å². The highest BCUT2D eigenvalue weighted by atomic mass is 35.5. The van der Waals surface area contributed by atoms with E-state index in [0.717, 1.165) is 17.7 Å². The molecule has 1 aliphatic rings. The maximum Gasteiger partial charge on any atom is 0.120 e. The van der Waals surface area contributed by atoms with Crippen molar-refractivity contribution >= 4 is 17.3 Å². The Bertz CT molecular complexity index is 610. The van der Waals surface area contributed by atoms with Gasteiger partial charge in [0.2, 0.25) is 0 Å². The lowest BCUT2D eigenvalue weighted by atomic mass is 10.1. The summed E-state index contributed by atoms with van der Waals surface area (Å²) < 4.78 is 5.81. The number of halogens is 1. The predicted molar refractivity (Wildman–Crippen MR) is 78.7 cm³/mol. The molecular formula is C16H16ClNO. The normalized spacial score (nSPS) is 13.3. The number of nitrogen functional groups attached to an aromatic ring is 1. The highest BCUT2D eigenvalue weighted by Gasteiger charge is 2.11. The van der Waals surface area contributed by atoms with Crippen molar-refractivity contribution in [2.75, 3.05) is 5.73 Å². The lowest BCUT2D eigenvalue weighted by molar-refractivity contribution is 0.306. The van der Waals surface area contributed by atoms with Crippen molar-refractivity contribution in [3.05, 3.63) is 58.1 Å². The molecule has 0 fully saturated rings. The average Bonchev–Trinajstić information content (AvgIpc) is 2.85. The number of nitrogens with two attached hydrogens (primary N) is 1. The third-order valence-electron chi connectivity index (χ3n) is 3.57. The lowest BCUT2D eigenvalue weighted by Gasteiger charge is -2.10. The molecule has 98 valence electrons. The van der Waals surface area contributed by atoms with Crippen molar-refractivity contribution in [1.82, 2.24) is 0 Å². The lowest BCUT2D eigenvalue weighted by Crippen LogP contribution is -2.00. The smallest absolute Gasteiger partial charge is 0.120 e. The van der Waals surface area contributed by atoms with E-state index in [1.807, 2.05) is 18.2 Å². The summed E-state index contributed by atoms with van der Waals surface area (Å²) in [5.41, 5.74) is 10.4. The molecule has 3 rings (SSSR count). The van der Waals surface area contributed by atoms with Crippen LogP contribution >= 0.6 is 11.6 Å². The highest BCUT2D eigenvalue weighted by Crippen LogP contribution is 2.27. The molecule has 0 atom stereocenters. The van der Waals surface area contributed by atoms with Crippen molar-refractivity contribution in [3.8, 4) is 5.75 Å². The van der Waals surface area contributed by atoms with E-state index in [-0.39, 0.29) is 0 Å². The molecule has 0 amide bonds. The molecule has 0 aromatic heterocycles. The topological polar surface area (TPSA) is 35.2 Å². The van der Waals surface area contributed by atoms with Gasteiger partial charge >= 0.3 is 0 Å². The third kappa shape index (κ3) is 2.69. The number of benzene rings is 2. The maximum atomic E-state index is 5.91. The summed E-state index contributed by atoms with van der Waals surface area (Å²) in [6.07, 6.45) is 3.61. The van der Waals surface area contributed by atoms with Crippen LogP contribution in [0.4, 0.5) is 5.69 Å². The standard InChI is InChI=1S/C16H16ClNO/c17-14-6-4-13(16(18)9-14)10-19-15-7-5-11-2-1-3-12(11)8-15/h4-9H,1-3,10,18H2. The molecule has 3 heteroatoms. The fourth-order valence-electron chi connectivity index (χ4n) is 2.50. The number of hydrogen-bond donors (Lipinski definition) is 1. The molecule has 19 heavy (non-hydrogen) atoms. The molecule has 0 saturated carbocycles. The van der Waals surface area contributed by atoms with Crippen LogP contribution in [0.15, 0.2) is 36.4 Å². The molecule has 0 saturated heterocycles. The van der Waals surface area contributed by atoms with Gasteiger partial charge in [-0.1, -0.05) is 23.7 Å². The van der Waals surface area contributed by atoms with Crippen LogP contribution in [-0.4, -0.2) is 0 Å². The Morgan fingerprint density at radius 2 is 1.89 bits per heavy atom. The minimum Gasteiger partial charge on any atom is -0.489 e. The summed E-state index contributed by atoms with van der Waals surface area (Å²) in [6, 6.07) is 11.8. The summed E-state index contributed by atoms with van der Waals surface area (Å²) in [4.78, 5) is 0. The first-order valence-corrected chi connectivity index (χ1v) is 6.89. The summed E-state index contributed by atoms with van der Waals surface area (Å²) >= 11 is 5.88. The fraction of sp³-hybridized carbons (Fsp3) is 0.250. The van der Waals surface area contributed by atoms with E-state index in [2.05, 4.69) is 12.1 Å². The van der Waals surface area contributed by atoms with Gasteiger partial charge in [0.15, 0.2) is 0 Å². The Morgan fingerprint density at radius 3 is 2.74 bits per heavy atom. The zero-order valence-corrected chi connectivity index (χ0v) is 11.4. The largest absolute Gasteiger partial charge is 0.489 e. The van der Waals surface area contributed by atoms with Crippen molar-refractivity contribution < 1.29 is 4.74 Å². The summed E-state index contributed by atoms with van der Waals surface area (Å²) in [7, 11) is 0. The van der Waals surface area contributed by atoms with Crippen molar-refractivity contribution in [2.45, 2.75) is 25.9 Å². The van der Waals surface area contributed by atoms with Gasteiger partial charge in [-0.05, 0) is 54.7 Å². The van der Waals surface area contributed by atoms with Gasteiger partial charge in [-0.25, -0.2) is 0 Å². The number of aryl methyl sites for hydroxylation is 2. The first-order chi connectivity index (χ1) is 9.22. The summed E-state index contributed by atoms with van der Waals surface area (Å²) in [5.74, 6) is 0.912. The minimum absolute atomic E-state index is 0.474. The van der Waals surface area contributed by atoms with Gasteiger partial charge in [-0.2, -0.15) is 0 Å². The number of fused-ring (bicyclic) bond motifs is 1. The molecule has 2 aromatic carbocycles. The molecule has 0 radical (unpaired) electrons. The van der Waals surface area contributed by atoms with E-state index >= 15 is 0 Å². The van der Waals surface area contributed by atoms with Gasteiger partial charge in [0.05, 0.1) is 0 Å². The van der Waals surface area contributed by atoms with E-state index in [1.165, 1.54) is 24.0 Å². The van der Waals surface area contributed by atoms with E-state index in [4.69, 9.17) is 22.1 Å². The molecular weight excluding hydrogens is 258 g/mol. The zero-order valence-electron chi connectivity index (χ0n) is 10.7. The van der Waals surface area contributed by atoms with E-state index in [1.54, 1.807) is 6.07 Å². The Morgan fingerprint density at radius 1 is 1.05 bits per heavy atom. The number of rotatable bonds is 3. The van der Waals surface area contributed by atoms with E-state index in [0.29, 0.717) is 17.3 Å². The van der Waals surface area contributed by atoms with Crippen LogP contribution in [-0.2, 0) is 19.4 Å². The van der Waals surface area contributed by atoms with Crippen molar-refractivity contribution in [3.63, 3.8) is 0 Å². The second kappa shape index (κ2) is 5.14. The zero-order chi connectivity index (χ0) is 13.2. The quantitative estimate of drug-likeness (QED) is 0.858. The molecule has 0 heterocycles. The first-order valence-electron chi connectivity index (χ1n) is 6.51. The Hall–Kier alpha value is -1.67.